The molecule has 1 N–H and O–H groups in total. The van der Waals surface area contributed by atoms with E-state index in [0.717, 1.165) is 31.0 Å². The van der Waals surface area contributed by atoms with Gasteiger partial charge in [0, 0.05) is 18.8 Å². The number of hydrogen-bond donors (Lipinski definition) is 1. The summed E-state index contributed by atoms with van der Waals surface area (Å²) in [6.45, 7) is 4.75. The first-order valence-corrected chi connectivity index (χ1v) is 6.12. The van der Waals surface area contributed by atoms with E-state index in [-0.39, 0.29) is 0 Å². The first kappa shape index (κ1) is 11.9. The van der Waals surface area contributed by atoms with E-state index in [1.165, 1.54) is 12.8 Å². The normalized spacial score (nSPS) is 19.6. The second kappa shape index (κ2) is 5.70. The molecule has 0 bridgehead atoms. The Morgan fingerprint density at radius 2 is 2.41 bits per heavy atom. The third kappa shape index (κ3) is 3.21. The highest BCUT2D eigenvalue weighted by molar-refractivity contribution is 5.54. The lowest BCUT2D eigenvalue weighted by Crippen LogP contribution is -2.24. The standard InChI is InChI=1S/C14H18N2O/c1-11-7-12(8-15)4-5-14(11)16-9-13-3-2-6-17-10-13/h4-5,7,13,16H,2-3,6,9-10H2,1H3. The zero-order valence-electron chi connectivity index (χ0n) is 10.2. The van der Waals surface area contributed by atoms with Crippen molar-refractivity contribution in [2.24, 2.45) is 5.92 Å². The Labute approximate surface area is 102 Å². The van der Waals surface area contributed by atoms with Crippen LogP contribution >= 0.6 is 0 Å². The monoisotopic (exact) mass is 230 g/mol. The first-order chi connectivity index (χ1) is 8.29. The molecule has 1 saturated heterocycles. The van der Waals surface area contributed by atoms with Crippen molar-refractivity contribution in [1.29, 1.82) is 5.26 Å². The lowest BCUT2D eigenvalue weighted by Gasteiger charge is -2.23. The summed E-state index contributed by atoms with van der Waals surface area (Å²) < 4.78 is 5.45. The largest absolute Gasteiger partial charge is 0.384 e. The molecule has 1 unspecified atom stereocenters. The van der Waals surface area contributed by atoms with Gasteiger partial charge < -0.3 is 10.1 Å². The minimum Gasteiger partial charge on any atom is -0.384 e. The van der Waals surface area contributed by atoms with Crippen molar-refractivity contribution in [2.45, 2.75) is 19.8 Å². The van der Waals surface area contributed by atoms with Gasteiger partial charge in [-0.15, -0.1) is 0 Å². The van der Waals surface area contributed by atoms with Crippen LogP contribution in [0.4, 0.5) is 5.69 Å². The minimum atomic E-state index is 0.610. The number of anilines is 1. The highest BCUT2D eigenvalue weighted by Crippen LogP contribution is 2.19. The van der Waals surface area contributed by atoms with Crippen LogP contribution in [0.15, 0.2) is 18.2 Å². The molecule has 1 aliphatic rings. The molecule has 1 aliphatic heterocycles. The Morgan fingerprint density at radius 3 is 3.06 bits per heavy atom. The molecular formula is C14H18N2O. The molecule has 1 aromatic carbocycles. The van der Waals surface area contributed by atoms with E-state index in [2.05, 4.69) is 11.4 Å². The lowest BCUT2D eigenvalue weighted by molar-refractivity contribution is 0.0595. The second-order valence-electron chi connectivity index (χ2n) is 4.61. The maximum absolute atomic E-state index is 8.80. The Balaban J connectivity index is 1.92. The predicted octanol–water partition coefficient (Wildman–Crippen LogP) is 2.71. The molecule has 17 heavy (non-hydrogen) atoms. The maximum Gasteiger partial charge on any atom is 0.0991 e. The number of nitrogens with zero attached hydrogens (tertiary/aromatic N) is 1. The topological polar surface area (TPSA) is 45.0 Å². The van der Waals surface area contributed by atoms with Crippen LogP contribution in [0.5, 0.6) is 0 Å². The van der Waals surface area contributed by atoms with Gasteiger partial charge in [0.1, 0.15) is 0 Å². The van der Waals surface area contributed by atoms with Gasteiger partial charge in [-0.25, -0.2) is 0 Å². The molecule has 1 atom stereocenters. The number of ether oxygens (including phenoxy) is 1. The molecule has 0 aromatic heterocycles. The van der Waals surface area contributed by atoms with Gasteiger partial charge in [-0.3, -0.25) is 0 Å². The first-order valence-electron chi connectivity index (χ1n) is 6.12. The molecule has 0 aliphatic carbocycles. The minimum absolute atomic E-state index is 0.610. The molecule has 3 nitrogen and oxygen atoms in total. The summed E-state index contributed by atoms with van der Waals surface area (Å²) in [6, 6.07) is 7.91. The van der Waals surface area contributed by atoms with Crippen molar-refractivity contribution in [3.05, 3.63) is 29.3 Å². The summed E-state index contributed by atoms with van der Waals surface area (Å²) in [5, 5.41) is 12.2. The average Bonchev–Trinajstić information content (AvgIpc) is 2.38. The lowest BCUT2D eigenvalue weighted by atomic mass is 10.0. The third-order valence-corrected chi connectivity index (χ3v) is 3.19. The molecule has 0 radical (unpaired) electrons. The molecule has 0 amide bonds. The van der Waals surface area contributed by atoms with E-state index in [4.69, 9.17) is 10.00 Å². The van der Waals surface area contributed by atoms with Gasteiger partial charge in [-0.2, -0.15) is 5.26 Å². The van der Waals surface area contributed by atoms with Crippen LogP contribution in [0, 0.1) is 24.2 Å². The zero-order chi connectivity index (χ0) is 12.1. The number of nitriles is 1. The van der Waals surface area contributed by atoms with E-state index < -0.39 is 0 Å². The van der Waals surface area contributed by atoms with Crippen molar-refractivity contribution in [2.75, 3.05) is 25.1 Å². The maximum atomic E-state index is 8.80. The van der Waals surface area contributed by atoms with Gasteiger partial charge in [0.2, 0.25) is 0 Å². The van der Waals surface area contributed by atoms with Crippen LogP contribution in [0.3, 0.4) is 0 Å². The van der Waals surface area contributed by atoms with Crippen LogP contribution in [-0.4, -0.2) is 19.8 Å². The van der Waals surface area contributed by atoms with Crippen LogP contribution in [0.2, 0.25) is 0 Å². The highest BCUT2D eigenvalue weighted by atomic mass is 16.5. The summed E-state index contributed by atoms with van der Waals surface area (Å²) in [5.74, 6) is 0.610. The van der Waals surface area contributed by atoms with Crippen molar-refractivity contribution < 1.29 is 4.74 Å². The molecule has 2 rings (SSSR count). The zero-order valence-corrected chi connectivity index (χ0v) is 10.2. The van der Waals surface area contributed by atoms with E-state index in [9.17, 15) is 0 Å². The van der Waals surface area contributed by atoms with Crippen LogP contribution in [-0.2, 0) is 4.74 Å². The van der Waals surface area contributed by atoms with E-state index in [0.29, 0.717) is 11.5 Å². The number of benzene rings is 1. The number of aryl methyl sites for hydroxylation is 1. The molecule has 1 aromatic rings. The van der Waals surface area contributed by atoms with Crippen molar-refractivity contribution in [1.82, 2.24) is 0 Å². The summed E-state index contributed by atoms with van der Waals surface area (Å²) in [5.41, 5.74) is 2.96. The average molecular weight is 230 g/mol. The fourth-order valence-electron chi connectivity index (χ4n) is 2.15. The highest BCUT2D eigenvalue weighted by Gasteiger charge is 2.13. The summed E-state index contributed by atoms with van der Waals surface area (Å²) in [4.78, 5) is 0. The quantitative estimate of drug-likeness (QED) is 0.868. The second-order valence-corrected chi connectivity index (χ2v) is 4.61. The summed E-state index contributed by atoms with van der Waals surface area (Å²) >= 11 is 0. The molecule has 90 valence electrons. The van der Waals surface area contributed by atoms with E-state index >= 15 is 0 Å². The molecule has 3 heteroatoms. The molecule has 0 saturated carbocycles. The Bertz CT molecular complexity index is 417. The van der Waals surface area contributed by atoms with Crippen molar-refractivity contribution in [3.63, 3.8) is 0 Å². The molecular weight excluding hydrogens is 212 g/mol. The SMILES string of the molecule is Cc1cc(C#N)ccc1NCC1CCCOC1. The third-order valence-electron chi connectivity index (χ3n) is 3.19. The smallest absolute Gasteiger partial charge is 0.0991 e. The number of rotatable bonds is 3. The van der Waals surface area contributed by atoms with Crippen LogP contribution < -0.4 is 5.32 Å². The molecule has 1 heterocycles. The van der Waals surface area contributed by atoms with E-state index in [1.54, 1.807) is 0 Å². The van der Waals surface area contributed by atoms with Gasteiger partial charge in [-0.05, 0) is 49.4 Å². The fraction of sp³-hybridized carbons (Fsp3) is 0.500. The van der Waals surface area contributed by atoms with Gasteiger partial charge >= 0.3 is 0 Å². The summed E-state index contributed by atoms with van der Waals surface area (Å²) in [7, 11) is 0. The van der Waals surface area contributed by atoms with Gasteiger partial charge in [0.25, 0.3) is 0 Å². The van der Waals surface area contributed by atoms with Crippen LogP contribution in [0.25, 0.3) is 0 Å². The van der Waals surface area contributed by atoms with Crippen molar-refractivity contribution in [3.8, 4) is 6.07 Å². The van der Waals surface area contributed by atoms with Crippen molar-refractivity contribution >= 4 is 5.69 Å². The molecule has 1 fully saturated rings. The Hall–Kier alpha value is -1.53. The van der Waals surface area contributed by atoms with E-state index in [1.807, 2.05) is 25.1 Å². The molecule has 0 spiro atoms. The fourth-order valence-corrected chi connectivity index (χ4v) is 2.15. The Kier molecular flexibility index (Phi) is 4.00. The summed E-state index contributed by atoms with van der Waals surface area (Å²) in [6.07, 6.45) is 2.40. The van der Waals surface area contributed by atoms with Gasteiger partial charge in [0.15, 0.2) is 0 Å². The van der Waals surface area contributed by atoms with Gasteiger partial charge in [-0.1, -0.05) is 0 Å². The number of hydrogen-bond acceptors (Lipinski definition) is 3. The number of nitrogens with one attached hydrogen (secondary N) is 1. The predicted molar refractivity (Wildman–Crippen MR) is 67.9 cm³/mol. The van der Waals surface area contributed by atoms with Gasteiger partial charge in [0.05, 0.1) is 18.2 Å². The van der Waals surface area contributed by atoms with Crippen LogP contribution in [0.1, 0.15) is 24.0 Å². The Morgan fingerprint density at radius 1 is 1.53 bits per heavy atom.